The molecule has 0 unspecified atom stereocenters. The first-order valence-electron chi connectivity index (χ1n) is 9.25. The summed E-state index contributed by atoms with van der Waals surface area (Å²) in [6.07, 6.45) is -4.47. The van der Waals surface area contributed by atoms with Crippen molar-refractivity contribution >= 4 is 0 Å². The number of aromatic hydroxyl groups is 2. The molecule has 0 radical (unpaired) electrons. The molecule has 1 heterocycles. The van der Waals surface area contributed by atoms with Crippen LogP contribution in [0.4, 0.5) is 13.2 Å². The van der Waals surface area contributed by atoms with Crippen LogP contribution in [0.3, 0.4) is 0 Å². The van der Waals surface area contributed by atoms with Crippen LogP contribution < -0.4 is 0 Å². The van der Waals surface area contributed by atoms with E-state index >= 15 is 0 Å². The summed E-state index contributed by atoms with van der Waals surface area (Å²) in [5.74, 6) is 0.235. The Morgan fingerprint density at radius 1 is 0.677 bits per heavy atom. The van der Waals surface area contributed by atoms with Crippen LogP contribution in [0.15, 0.2) is 66.7 Å². The number of hydrogen-bond donors (Lipinski definition) is 2. The average molecular weight is 423 g/mol. The number of para-hydroxylation sites is 2. The van der Waals surface area contributed by atoms with Gasteiger partial charge in [0.05, 0.1) is 16.7 Å². The molecule has 8 heteroatoms. The smallest absolute Gasteiger partial charge is 0.416 e. The van der Waals surface area contributed by atoms with E-state index in [0.717, 1.165) is 6.07 Å². The van der Waals surface area contributed by atoms with Crippen molar-refractivity contribution in [2.75, 3.05) is 0 Å². The Morgan fingerprint density at radius 3 is 1.61 bits per heavy atom. The molecular weight excluding hydrogens is 407 g/mol. The first-order chi connectivity index (χ1) is 14.7. The van der Waals surface area contributed by atoms with Crippen molar-refractivity contribution in [3.63, 3.8) is 0 Å². The van der Waals surface area contributed by atoms with Gasteiger partial charge in [-0.2, -0.15) is 13.2 Å². The van der Waals surface area contributed by atoms with Gasteiger partial charge in [0.1, 0.15) is 11.5 Å². The van der Waals surface area contributed by atoms with Gasteiger partial charge in [0.15, 0.2) is 17.5 Å². The molecule has 0 atom stereocenters. The zero-order valence-corrected chi connectivity index (χ0v) is 16.2. The zero-order valence-electron chi connectivity index (χ0n) is 16.2. The van der Waals surface area contributed by atoms with Gasteiger partial charge >= 0.3 is 6.18 Å². The van der Waals surface area contributed by atoms with Gasteiger partial charge in [-0.25, -0.2) is 15.0 Å². The second-order valence-corrected chi connectivity index (χ2v) is 6.87. The standard InChI is InChI=1S/C23H16F3N3O2/c1-13-12-14(10-11-17(13)23(24,25)26)20-27-21(15-6-2-4-8-18(15)30)29-22(28-20)16-7-3-5-9-19(16)31/h2-12,30-31H,1H3. The quantitative estimate of drug-likeness (QED) is 0.448. The molecule has 0 saturated carbocycles. The molecule has 0 amide bonds. The Labute approximate surface area is 175 Å². The fourth-order valence-electron chi connectivity index (χ4n) is 3.19. The predicted molar refractivity (Wildman–Crippen MR) is 109 cm³/mol. The summed E-state index contributed by atoms with van der Waals surface area (Å²) in [6.45, 7) is 1.36. The Bertz CT molecular complexity index is 1210. The lowest BCUT2D eigenvalue weighted by atomic mass is 10.0. The van der Waals surface area contributed by atoms with E-state index in [1.807, 2.05) is 0 Å². The van der Waals surface area contributed by atoms with Gasteiger partial charge < -0.3 is 10.2 Å². The molecule has 0 aliphatic rings. The van der Waals surface area contributed by atoms with Crippen LogP contribution in [0.2, 0.25) is 0 Å². The second-order valence-electron chi connectivity index (χ2n) is 6.87. The minimum atomic E-state index is -4.47. The molecule has 31 heavy (non-hydrogen) atoms. The number of aryl methyl sites for hydroxylation is 1. The molecular formula is C23H16F3N3O2. The fourth-order valence-corrected chi connectivity index (χ4v) is 3.19. The SMILES string of the molecule is Cc1cc(-c2nc(-c3ccccc3O)nc(-c3ccccc3O)n2)ccc1C(F)(F)F. The molecule has 0 saturated heterocycles. The van der Waals surface area contributed by atoms with Crippen LogP contribution >= 0.6 is 0 Å². The molecule has 4 rings (SSSR count). The van der Waals surface area contributed by atoms with Gasteiger partial charge in [-0.05, 0) is 48.9 Å². The number of phenolic OH excluding ortho intramolecular Hbond substituents is 2. The van der Waals surface area contributed by atoms with Crippen molar-refractivity contribution in [1.29, 1.82) is 0 Å². The van der Waals surface area contributed by atoms with Gasteiger partial charge in [0, 0.05) is 5.56 Å². The van der Waals surface area contributed by atoms with Crippen molar-refractivity contribution in [3.05, 3.63) is 77.9 Å². The highest BCUT2D eigenvalue weighted by atomic mass is 19.4. The molecule has 2 N–H and O–H groups in total. The zero-order chi connectivity index (χ0) is 22.2. The van der Waals surface area contributed by atoms with Crippen LogP contribution in [0, 0.1) is 6.92 Å². The van der Waals surface area contributed by atoms with Crippen LogP contribution in [-0.4, -0.2) is 25.2 Å². The summed E-state index contributed by atoms with van der Waals surface area (Å²) in [5, 5.41) is 20.5. The van der Waals surface area contributed by atoms with E-state index in [1.165, 1.54) is 31.2 Å². The number of rotatable bonds is 3. The van der Waals surface area contributed by atoms with Gasteiger partial charge in [0.2, 0.25) is 0 Å². The third kappa shape index (κ3) is 4.05. The summed E-state index contributed by atoms with van der Waals surface area (Å²) in [5.41, 5.74) is 0.282. The lowest BCUT2D eigenvalue weighted by Gasteiger charge is -2.13. The third-order valence-corrected chi connectivity index (χ3v) is 4.72. The molecule has 0 bridgehead atoms. The van der Waals surface area contributed by atoms with Crippen molar-refractivity contribution in [2.24, 2.45) is 0 Å². The maximum absolute atomic E-state index is 13.1. The monoisotopic (exact) mass is 423 g/mol. The van der Waals surface area contributed by atoms with E-state index in [9.17, 15) is 23.4 Å². The topological polar surface area (TPSA) is 79.1 Å². The Morgan fingerprint density at radius 2 is 1.16 bits per heavy atom. The molecule has 0 aliphatic heterocycles. The maximum atomic E-state index is 13.1. The molecule has 5 nitrogen and oxygen atoms in total. The number of aromatic nitrogens is 3. The van der Waals surface area contributed by atoms with Crippen LogP contribution in [-0.2, 0) is 6.18 Å². The Hall–Kier alpha value is -3.94. The van der Waals surface area contributed by atoms with Crippen molar-refractivity contribution in [2.45, 2.75) is 13.1 Å². The van der Waals surface area contributed by atoms with Crippen LogP contribution in [0.1, 0.15) is 11.1 Å². The molecule has 1 aromatic heterocycles. The molecule has 3 aromatic carbocycles. The summed E-state index contributed by atoms with van der Waals surface area (Å²) in [6, 6.07) is 16.5. The summed E-state index contributed by atoms with van der Waals surface area (Å²) in [4.78, 5) is 13.1. The first kappa shape index (κ1) is 20.3. The van der Waals surface area contributed by atoms with E-state index in [1.54, 1.807) is 36.4 Å². The highest BCUT2D eigenvalue weighted by Crippen LogP contribution is 2.35. The Balaban J connectivity index is 1.93. The van der Waals surface area contributed by atoms with Crippen molar-refractivity contribution in [3.8, 4) is 45.7 Å². The van der Waals surface area contributed by atoms with Crippen LogP contribution in [0.5, 0.6) is 11.5 Å². The third-order valence-electron chi connectivity index (χ3n) is 4.72. The van der Waals surface area contributed by atoms with E-state index in [4.69, 9.17) is 0 Å². The van der Waals surface area contributed by atoms with Gasteiger partial charge in [0.25, 0.3) is 0 Å². The number of benzene rings is 3. The van der Waals surface area contributed by atoms with Crippen molar-refractivity contribution < 1.29 is 23.4 Å². The lowest BCUT2D eigenvalue weighted by molar-refractivity contribution is -0.138. The second kappa shape index (κ2) is 7.71. The van der Waals surface area contributed by atoms with Crippen LogP contribution in [0.25, 0.3) is 34.2 Å². The van der Waals surface area contributed by atoms with Crippen molar-refractivity contribution in [1.82, 2.24) is 15.0 Å². The summed E-state index contributed by atoms with van der Waals surface area (Å²) >= 11 is 0. The molecule has 0 spiro atoms. The van der Waals surface area contributed by atoms with Gasteiger partial charge in [-0.3, -0.25) is 0 Å². The highest BCUT2D eigenvalue weighted by Gasteiger charge is 2.32. The van der Waals surface area contributed by atoms with Gasteiger partial charge in [-0.15, -0.1) is 0 Å². The lowest BCUT2D eigenvalue weighted by Crippen LogP contribution is -2.07. The number of halogens is 3. The van der Waals surface area contributed by atoms with E-state index in [0.29, 0.717) is 16.7 Å². The number of alkyl halides is 3. The molecule has 0 fully saturated rings. The summed E-state index contributed by atoms with van der Waals surface area (Å²) < 4.78 is 39.4. The largest absolute Gasteiger partial charge is 0.507 e. The average Bonchev–Trinajstić information content (AvgIpc) is 2.73. The minimum Gasteiger partial charge on any atom is -0.507 e. The minimum absolute atomic E-state index is 0.0265. The van der Waals surface area contributed by atoms with E-state index in [-0.39, 0.29) is 34.5 Å². The molecule has 156 valence electrons. The number of phenols is 2. The maximum Gasteiger partial charge on any atom is 0.416 e. The normalized spacial score (nSPS) is 11.5. The predicted octanol–water partition coefficient (Wildman–Crippen LogP) is 5.61. The molecule has 0 aliphatic carbocycles. The highest BCUT2D eigenvalue weighted by molar-refractivity contribution is 5.71. The molecule has 4 aromatic rings. The van der Waals surface area contributed by atoms with E-state index < -0.39 is 11.7 Å². The van der Waals surface area contributed by atoms with E-state index in [2.05, 4.69) is 15.0 Å². The van der Waals surface area contributed by atoms with Gasteiger partial charge in [-0.1, -0.05) is 30.3 Å². The number of nitrogens with zero attached hydrogens (tertiary/aromatic N) is 3. The first-order valence-corrected chi connectivity index (χ1v) is 9.25. The summed E-state index contributed by atoms with van der Waals surface area (Å²) in [7, 11) is 0. The Kier molecular flexibility index (Phi) is 5.06. The fraction of sp³-hybridized carbons (Fsp3) is 0.0870. The number of hydrogen-bond acceptors (Lipinski definition) is 5.